The number of Topliss-reactive ketones (excluding diaryl/α,β-unsaturated/α-hetero) is 1. The highest BCUT2D eigenvalue weighted by atomic mass is 19.4. The minimum Gasteiger partial charge on any atom is -0.377 e. The summed E-state index contributed by atoms with van der Waals surface area (Å²) in [7, 11) is 0. The molecule has 0 spiro atoms. The molecule has 4 aromatic rings. The van der Waals surface area contributed by atoms with Crippen LogP contribution in [0.2, 0.25) is 0 Å². The van der Waals surface area contributed by atoms with Crippen molar-refractivity contribution in [2.75, 3.05) is 13.2 Å². The molecule has 39 heavy (non-hydrogen) atoms. The molecule has 1 aliphatic carbocycles. The summed E-state index contributed by atoms with van der Waals surface area (Å²) in [5.74, 6) is -1.08. The number of benzene rings is 2. The molecule has 0 amide bonds. The first kappa shape index (κ1) is 26.8. The summed E-state index contributed by atoms with van der Waals surface area (Å²) < 4.78 is 58.7. The van der Waals surface area contributed by atoms with Crippen molar-refractivity contribution in [3.8, 4) is 16.8 Å². The number of alkyl halides is 3. The Hall–Kier alpha value is -3.79. The lowest BCUT2D eigenvalue weighted by Crippen LogP contribution is -2.30. The molecule has 2 fully saturated rings. The summed E-state index contributed by atoms with van der Waals surface area (Å²) in [6, 6.07) is 12.9. The largest absolute Gasteiger partial charge is 0.393 e. The number of rotatable bonds is 6. The fourth-order valence-electron chi connectivity index (χ4n) is 4.64. The summed E-state index contributed by atoms with van der Waals surface area (Å²) in [4.78, 5) is 9.67. The summed E-state index contributed by atoms with van der Waals surface area (Å²) in [6.07, 6.45) is 2.19. The summed E-state index contributed by atoms with van der Waals surface area (Å²) in [5, 5.41) is 10.6. The van der Waals surface area contributed by atoms with Crippen molar-refractivity contribution in [2.24, 2.45) is 0 Å². The summed E-state index contributed by atoms with van der Waals surface area (Å²) in [5.41, 5.74) is 5.14. The number of nitrogens with zero attached hydrogens (tertiary/aromatic N) is 4. The van der Waals surface area contributed by atoms with Gasteiger partial charge < -0.3 is 4.74 Å². The lowest BCUT2D eigenvalue weighted by molar-refractivity contribution is -0.127. The fourth-order valence-corrected chi connectivity index (χ4v) is 4.64. The van der Waals surface area contributed by atoms with E-state index >= 15 is 0 Å². The molecular weight excluding hydrogens is 512 g/mol. The lowest BCUT2D eigenvalue weighted by atomic mass is 9.81. The number of ketones is 1. The average molecular weight is 541 g/mol. The van der Waals surface area contributed by atoms with Gasteiger partial charge in [0.2, 0.25) is 0 Å². The Kier molecular flexibility index (Phi) is 7.40. The van der Waals surface area contributed by atoms with E-state index in [1.807, 2.05) is 27.7 Å². The van der Waals surface area contributed by atoms with E-state index in [0.717, 1.165) is 53.2 Å². The molecule has 2 aromatic carbocycles. The number of fused-ring (bicyclic) bond motifs is 1. The first-order valence-corrected chi connectivity index (χ1v) is 12.8. The van der Waals surface area contributed by atoms with E-state index in [1.165, 1.54) is 18.6 Å². The van der Waals surface area contributed by atoms with Gasteiger partial charge in [-0.25, -0.2) is 9.07 Å². The third-order valence-corrected chi connectivity index (χ3v) is 7.10. The zero-order valence-corrected chi connectivity index (χ0v) is 21.4. The van der Waals surface area contributed by atoms with Crippen molar-refractivity contribution in [1.29, 1.82) is 0 Å². The van der Waals surface area contributed by atoms with E-state index in [-0.39, 0.29) is 11.6 Å². The van der Waals surface area contributed by atoms with Gasteiger partial charge in [0.15, 0.2) is 11.6 Å². The van der Waals surface area contributed by atoms with Crippen LogP contribution >= 0.6 is 0 Å². The maximum absolute atomic E-state index is 12.8. The lowest BCUT2D eigenvalue weighted by Gasteiger charge is -2.26. The highest BCUT2D eigenvalue weighted by Crippen LogP contribution is 2.43. The van der Waals surface area contributed by atoms with Gasteiger partial charge in [-0.2, -0.15) is 23.4 Å². The van der Waals surface area contributed by atoms with Crippen molar-refractivity contribution < 1.29 is 27.1 Å². The van der Waals surface area contributed by atoms with Crippen molar-refractivity contribution in [3.05, 3.63) is 78.5 Å². The molecule has 6 rings (SSSR count). The Balaban J connectivity index is 0.000000465. The van der Waals surface area contributed by atoms with Gasteiger partial charge in [0.05, 0.1) is 48.8 Å². The molecule has 0 unspecified atom stereocenters. The first-order chi connectivity index (χ1) is 18.6. The van der Waals surface area contributed by atoms with Gasteiger partial charge in [-0.1, -0.05) is 37.3 Å². The number of carbonyl (C=O) groups is 1. The number of halogens is 4. The maximum Gasteiger partial charge on any atom is 0.393 e. The number of allylic oxidation sites excluding steroid dienone is 1. The molecule has 0 bridgehead atoms. The molecule has 0 atom stereocenters. The van der Waals surface area contributed by atoms with Crippen molar-refractivity contribution >= 4 is 16.7 Å². The van der Waals surface area contributed by atoms with Crippen molar-refractivity contribution in [3.63, 3.8) is 0 Å². The molecule has 3 heterocycles. The molecule has 0 N–H and O–H groups in total. The molecule has 6 nitrogen and oxygen atoms in total. The van der Waals surface area contributed by atoms with Gasteiger partial charge in [0.1, 0.15) is 0 Å². The van der Waals surface area contributed by atoms with Gasteiger partial charge >= 0.3 is 6.18 Å². The average Bonchev–Trinajstić information content (AvgIpc) is 3.43. The maximum atomic E-state index is 12.8. The van der Waals surface area contributed by atoms with E-state index in [4.69, 9.17) is 9.84 Å². The molecular formula is C29H28F4N4O2. The number of carbonyl (C=O) groups excluding carboxylic acids is 1. The van der Waals surface area contributed by atoms with Crippen LogP contribution < -0.4 is 0 Å². The molecule has 10 heteroatoms. The predicted octanol–water partition coefficient (Wildman–Crippen LogP) is 6.89. The zero-order valence-electron chi connectivity index (χ0n) is 21.4. The Bertz CT molecular complexity index is 1480. The normalized spacial score (nSPS) is 15.8. The van der Waals surface area contributed by atoms with Crippen LogP contribution in [0.1, 0.15) is 49.4 Å². The number of ether oxygens (including phenoxy) is 1. The minimum atomic E-state index is -4.22. The van der Waals surface area contributed by atoms with E-state index in [9.17, 15) is 22.4 Å². The molecule has 1 aliphatic heterocycles. The number of aromatic nitrogens is 4. The van der Waals surface area contributed by atoms with E-state index in [1.54, 1.807) is 12.1 Å². The van der Waals surface area contributed by atoms with Crippen LogP contribution in [0.5, 0.6) is 0 Å². The fraction of sp³-hybridized carbons (Fsp3) is 0.345. The Morgan fingerprint density at radius 3 is 2.36 bits per heavy atom. The van der Waals surface area contributed by atoms with Crippen LogP contribution in [0.3, 0.4) is 0 Å². The van der Waals surface area contributed by atoms with Gasteiger partial charge in [-0.3, -0.25) is 9.48 Å². The van der Waals surface area contributed by atoms with Crippen molar-refractivity contribution in [1.82, 2.24) is 19.6 Å². The molecule has 2 aliphatic rings. The molecule has 1 saturated heterocycles. The summed E-state index contributed by atoms with van der Waals surface area (Å²) >= 11 is 0. The van der Waals surface area contributed by atoms with E-state index in [2.05, 4.69) is 23.9 Å². The SMILES string of the molecule is C=C(F)C(C)=O.FC(F)(F)Cc1ccc(-n2nc(C3CCC3)c3c(-c4cnn(C5COC5)c4)cccc32)cc1. The van der Waals surface area contributed by atoms with Crippen LogP contribution in [0.15, 0.2) is 67.3 Å². The van der Waals surface area contributed by atoms with E-state index in [0.29, 0.717) is 19.1 Å². The minimum absolute atomic E-state index is 0.245. The molecule has 204 valence electrons. The number of hydrogen-bond acceptors (Lipinski definition) is 4. The zero-order chi connectivity index (χ0) is 27.7. The highest BCUT2D eigenvalue weighted by Gasteiger charge is 2.29. The molecule has 0 radical (unpaired) electrons. The van der Waals surface area contributed by atoms with Gasteiger partial charge in [0, 0.05) is 30.0 Å². The number of hydrogen-bond donors (Lipinski definition) is 0. The van der Waals surface area contributed by atoms with Gasteiger partial charge in [0.25, 0.3) is 0 Å². The van der Waals surface area contributed by atoms with Gasteiger partial charge in [-0.15, -0.1) is 0 Å². The second-order valence-electron chi connectivity index (χ2n) is 9.94. The Morgan fingerprint density at radius 2 is 1.82 bits per heavy atom. The second-order valence-corrected chi connectivity index (χ2v) is 9.94. The Morgan fingerprint density at radius 1 is 1.13 bits per heavy atom. The van der Waals surface area contributed by atoms with Gasteiger partial charge in [-0.05, 0) is 42.2 Å². The summed E-state index contributed by atoms with van der Waals surface area (Å²) in [6.45, 7) is 5.23. The van der Waals surface area contributed by atoms with Crippen LogP contribution in [0.4, 0.5) is 17.6 Å². The molecule has 2 aromatic heterocycles. The molecule has 1 saturated carbocycles. The third kappa shape index (κ3) is 5.80. The second kappa shape index (κ2) is 10.8. The van der Waals surface area contributed by atoms with Crippen LogP contribution in [-0.4, -0.2) is 44.7 Å². The predicted molar refractivity (Wildman–Crippen MR) is 139 cm³/mol. The van der Waals surface area contributed by atoms with Crippen LogP contribution in [0, 0.1) is 0 Å². The standard InChI is InChI=1S/C25H23F3N4O.C4H5FO/c26-25(27,28)11-16-7-9-19(10-8-16)32-22-6-2-5-21(23(22)24(30-32)17-3-1-4-17)18-12-29-31(13-18)20-14-33-15-20;1-3(5)4(2)6/h2,5-10,12-13,17,20H,1,3-4,11,14-15H2;1H2,2H3. The van der Waals surface area contributed by atoms with Crippen LogP contribution in [-0.2, 0) is 16.0 Å². The van der Waals surface area contributed by atoms with Crippen LogP contribution in [0.25, 0.3) is 27.7 Å². The monoisotopic (exact) mass is 540 g/mol. The smallest absolute Gasteiger partial charge is 0.377 e. The third-order valence-electron chi connectivity index (χ3n) is 7.10. The Labute approximate surface area is 222 Å². The van der Waals surface area contributed by atoms with Crippen molar-refractivity contribution in [2.45, 2.75) is 50.7 Å². The van der Waals surface area contributed by atoms with E-state index < -0.39 is 24.2 Å². The quantitative estimate of drug-likeness (QED) is 0.197. The first-order valence-electron chi connectivity index (χ1n) is 12.8. The highest BCUT2D eigenvalue weighted by molar-refractivity contribution is 5.98. The topological polar surface area (TPSA) is 61.9 Å².